The molecular formula is C26H30ClN5O2. The van der Waals surface area contributed by atoms with Crippen LogP contribution in [0.5, 0.6) is 0 Å². The second kappa shape index (κ2) is 9.39. The van der Waals surface area contributed by atoms with Gasteiger partial charge >= 0.3 is 0 Å². The number of benzene rings is 1. The number of halogens is 1. The number of nitrogens with one attached hydrogen (secondary N) is 3. The molecule has 2 saturated carbocycles. The Labute approximate surface area is 203 Å². The zero-order chi connectivity index (χ0) is 23.7. The number of carbonyl (C=O) groups is 2. The Kier molecular flexibility index (Phi) is 6.32. The average molecular weight is 480 g/mol. The molecule has 0 saturated heterocycles. The minimum atomic E-state index is -0.551. The van der Waals surface area contributed by atoms with Crippen molar-refractivity contribution in [3.63, 3.8) is 0 Å². The van der Waals surface area contributed by atoms with Gasteiger partial charge in [-0.05, 0) is 74.3 Å². The van der Waals surface area contributed by atoms with E-state index in [9.17, 15) is 9.59 Å². The van der Waals surface area contributed by atoms with Crippen molar-refractivity contribution in [1.82, 2.24) is 15.3 Å². The third kappa shape index (κ3) is 4.68. The molecule has 2 aliphatic rings. The van der Waals surface area contributed by atoms with E-state index in [1.807, 2.05) is 42.6 Å². The van der Waals surface area contributed by atoms with Gasteiger partial charge in [-0.15, -0.1) is 0 Å². The summed E-state index contributed by atoms with van der Waals surface area (Å²) in [7, 11) is 0. The standard InChI is InChI=1S/C26H30ClN5O2/c27-19-7-5-18(6-8-19)26(11-12-26)15-31-25(34)22(28)16-1-3-17(4-2-16)24(33)32-21-10-14-30-23-20(21)9-13-29-23/h5-10,13-14,16-17,22H,1-4,11-12,15,28H2,(H,31,34)(H2,29,30,32,33). The first-order valence-electron chi connectivity index (χ1n) is 12.0. The molecule has 2 amide bonds. The molecule has 1 unspecified atom stereocenters. The lowest BCUT2D eigenvalue weighted by atomic mass is 9.78. The maximum Gasteiger partial charge on any atom is 0.237 e. The van der Waals surface area contributed by atoms with Crippen LogP contribution in [0.2, 0.25) is 5.02 Å². The molecule has 0 aliphatic heterocycles. The fourth-order valence-electron chi connectivity index (χ4n) is 5.16. The van der Waals surface area contributed by atoms with Gasteiger partial charge in [0.2, 0.25) is 11.8 Å². The first kappa shape index (κ1) is 22.9. The summed E-state index contributed by atoms with van der Waals surface area (Å²) < 4.78 is 0. The molecule has 178 valence electrons. The van der Waals surface area contributed by atoms with Gasteiger partial charge < -0.3 is 21.4 Å². The summed E-state index contributed by atoms with van der Waals surface area (Å²) >= 11 is 6.01. The van der Waals surface area contributed by atoms with Crippen molar-refractivity contribution in [2.24, 2.45) is 17.6 Å². The van der Waals surface area contributed by atoms with Gasteiger partial charge in [0.25, 0.3) is 0 Å². The highest BCUT2D eigenvalue weighted by molar-refractivity contribution is 6.30. The van der Waals surface area contributed by atoms with Crippen LogP contribution in [0.4, 0.5) is 5.69 Å². The normalized spacial score (nSPS) is 22.2. The lowest BCUT2D eigenvalue weighted by molar-refractivity contribution is -0.124. The molecule has 3 aromatic rings. The number of carbonyl (C=O) groups excluding carboxylic acids is 2. The summed E-state index contributed by atoms with van der Waals surface area (Å²) in [6, 6.07) is 11.1. The fraction of sp³-hybridized carbons (Fsp3) is 0.423. The van der Waals surface area contributed by atoms with E-state index in [1.165, 1.54) is 5.56 Å². The number of hydrogen-bond donors (Lipinski definition) is 4. The Morgan fingerprint density at radius 3 is 2.56 bits per heavy atom. The van der Waals surface area contributed by atoms with E-state index >= 15 is 0 Å². The van der Waals surface area contributed by atoms with Crippen LogP contribution in [0, 0.1) is 11.8 Å². The van der Waals surface area contributed by atoms with Gasteiger partial charge in [0.1, 0.15) is 5.65 Å². The summed E-state index contributed by atoms with van der Waals surface area (Å²) in [6.45, 7) is 0.596. The van der Waals surface area contributed by atoms with Crippen LogP contribution >= 0.6 is 11.6 Å². The Balaban J connectivity index is 1.11. The van der Waals surface area contributed by atoms with Crippen molar-refractivity contribution in [2.45, 2.75) is 50.0 Å². The molecule has 5 rings (SSSR count). The van der Waals surface area contributed by atoms with Gasteiger partial charge in [0, 0.05) is 40.7 Å². The van der Waals surface area contributed by atoms with Crippen molar-refractivity contribution in [3.05, 3.63) is 59.4 Å². The molecule has 2 aliphatic carbocycles. The molecule has 0 radical (unpaired) electrons. The average Bonchev–Trinajstić information content (AvgIpc) is 3.49. The molecule has 2 fully saturated rings. The highest BCUT2D eigenvalue weighted by atomic mass is 35.5. The minimum absolute atomic E-state index is 0.00750. The highest BCUT2D eigenvalue weighted by Crippen LogP contribution is 2.47. The second-order valence-electron chi connectivity index (χ2n) is 9.73. The van der Waals surface area contributed by atoms with Gasteiger partial charge in [-0.2, -0.15) is 0 Å². The molecular weight excluding hydrogens is 450 g/mol. The van der Waals surface area contributed by atoms with E-state index in [0.717, 1.165) is 55.2 Å². The largest absolute Gasteiger partial charge is 0.354 e. The van der Waals surface area contributed by atoms with E-state index in [1.54, 1.807) is 6.20 Å². The SMILES string of the molecule is NC(C(=O)NCC1(c2ccc(Cl)cc2)CC1)C1CCC(C(=O)Nc2ccnc3[nH]ccc23)CC1. The van der Waals surface area contributed by atoms with E-state index in [-0.39, 0.29) is 29.1 Å². The molecule has 5 N–H and O–H groups in total. The van der Waals surface area contributed by atoms with Crippen LogP contribution < -0.4 is 16.4 Å². The highest BCUT2D eigenvalue weighted by Gasteiger charge is 2.44. The summed E-state index contributed by atoms with van der Waals surface area (Å²) in [5.41, 5.74) is 9.09. The quantitative estimate of drug-likeness (QED) is 0.408. The van der Waals surface area contributed by atoms with Crippen LogP contribution in [0.3, 0.4) is 0 Å². The topological polar surface area (TPSA) is 113 Å². The first-order valence-corrected chi connectivity index (χ1v) is 12.4. The van der Waals surface area contributed by atoms with Crippen molar-refractivity contribution in [2.75, 3.05) is 11.9 Å². The van der Waals surface area contributed by atoms with Crippen LogP contribution in [-0.2, 0) is 15.0 Å². The Morgan fingerprint density at radius 1 is 1.12 bits per heavy atom. The number of nitrogens with zero attached hydrogens (tertiary/aromatic N) is 1. The first-order chi connectivity index (χ1) is 16.4. The fourth-order valence-corrected chi connectivity index (χ4v) is 5.28. The molecule has 0 bridgehead atoms. The number of amides is 2. The number of anilines is 1. The number of pyridine rings is 1. The van der Waals surface area contributed by atoms with E-state index in [2.05, 4.69) is 20.6 Å². The number of aromatic amines is 1. The van der Waals surface area contributed by atoms with Crippen molar-refractivity contribution in [3.8, 4) is 0 Å². The summed E-state index contributed by atoms with van der Waals surface area (Å²) in [6.07, 6.45) is 8.60. The number of rotatable bonds is 7. The lowest BCUT2D eigenvalue weighted by Gasteiger charge is -2.31. The predicted molar refractivity (Wildman–Crippen MR) is 134 cm³/mol. The number of hydrogen-bond acceptors (Lipinski definition) is 4. The van der Waals surface area contributed by atoms with Crippen LogP contribution in [-0.4, -0.2) is 34.4 Å². The zero-order valence-electron chi connectivity index (χ0n) is 19.0. The molecule has 2 heterocycles. The molecule has 0 spiro atoms. The van der Waals surface area contributed by atoms with Gasteiger partial charge in [-0.3, -0.25) is 9.59 Å². The maximum absolute atomic E-state index is 12.9. The van der Waals surface area contributed by atoms with Crippen molar-refractivity contribution < 1.29 is 9.59 Å². The molecule has 34 heavy (non-hydrogen) atoms. The second-order valence-corrected chi connectivity index (χ2v) is 10.2. The Bertz CT molecular complexity index is 1180. The summed E-state index contributed by atoms with van der Waals surface area (Å²) in [5, 5.41) is 7.76. The van der Waals surface area contributed by atoms with Crippen molar-refractivity contribution in [1.29, 1.82) is 0 Å². The molecule has 1 aromatic carbocycles. The van der Waals surface area contributed by atoms with Crippen LogP contribution in [0.15, 0.2) is 48.8 Å². The van der Waals surface area contributed by atoms with Crippen LogP contribution in [0.1, 0.15) is 44.1 Å². The Hall–Kier alpha value is -2.90. The van der Waals surface area contributed by atoms with Gasteiger partial charge in [0.15, 0.2) is 0 Å². The van der Waals surface area contributed by atoms with E-state index in [0.29, 0.717) is 11.6 Å². The Morgan fingerprint density at radius 2 is 1.85 bits per heavy atom. The number of nitrogens with two attached hydrogens (primary N) is 1. The third-order valence-electron chi connectivity index (χ3n) is 7.58. The van der Waals surface area contributed by atoms with Gasteiger partial charge in [0.05, 0.1) is 11.7 Å². The van der Waals surface area contributed by atoms with E-state index < -0.39 is 6.04 Å². The van der Waals surface area contributed by atoms with Gasteiger partial charge in [-0.25, -0.2) is 4.98 Å². The minimum Gasteiger partial charge on any atom is -0.354 e. The van der Waals surface area contributed by atoms with Gasteiger partial charge in [-0.1, -0.05) is 23.7 Å². The lowest BCUT2D eigenvalue weighted by Crippen LogP contribution is -2.48. The molecule has 1 atom stereocenters. The number of H-pyrrole nitrogens is 1. The smallest absolute Gasteiger partial charge is 0.237 e. The molecule has 2 aromatic heterocycles. The van der Waals surface area contributed by atoms with Crippen molar-refractivity contribution >= 4 is 40.1 Å². The van der Waals surface area contributed by atoms with E-state index in [4.69, 9.17) is 17.3 Å². The molecule has 8 heteroatoms. The monoisotopic (exact) mass is 479 g/mol. The maximum atomic E-state index is 12.9. The molecule has 7 nitrogen and oxygen atoms in total. The zero-order valence-corrected chi connectivity index (χ0v) is 19.8. The number of fused-ring (bicyclic) bond motifs is 1. The van der Waals surface area contributed by atoms with Crippen LogP contribution in [0.25, 0.3) is 11.0 Å². The summed E-state index contributed by atoms with van der Waals surface area (Å²) in [4.78, 5) is 33.0. The predicted octanol–water partition coefficient (Wildman–Crippen LogP) is 4.14. The third-order valence-corrected chi connectivity index (χ3v) is 7.83. The summed E-state index contributed by atoms with van der Waals surface area (Å²) in [5.74, 6) is -0.0658. The number of aromatic nitrogens is 2.